The van der Waals surface area contributed by atoms with Gasteiger partial charge in [0.25, 0.3) is 5.91 Å². The Hall–Kier alpha value is -3.42. The molecule has 3 aromatic rings. The Morgan fingerprint density at radius 1 is 1.06 bits per heavy atom. The van der Waals surface area contributed by atoms with Gasteiger partial charge in [-0.2, -0.15) is 0 Å². The van der Waals surface area contributed by atoms with Crippen molar-refractivity contribution in [2.75, 3.05) is 13.1 Å². The van der Waals surface area contributed by atoms with Crippen LogP contribution in [0.5, 0.6) is 11.5 Å². The minimum atomic E-state index is -0.547. The molecule has 1 N–H and O–H groups in total. The molecular formula is C25H24ClN3O4. The number of carbonyl (C=O) groups excluding carboxylic acids is 1. The number of rotatable bonds is 7. The van der Waals surface area contributed by atoms with E-state index in [1.807, 2.05) is 6.07 Å². The Morgan fingerprint density at radius 2 is 1.76 bits per heavy atom. The van der Waals surface area contributed by atoms with Crippen LogP contribution < -0.4 is 10.1 Å². The van der Waals surface area contributed by atoms with E-state index in [4.69, 9.17) is 16.3 Å². The van der Waals surface area contributed by atoms with Crippen molar-refractivity contribution in [3.8, 4) is 11.5 Å². The fraction of sp³-hybridized carbons (Fsp3) is 0.240. The van der Waals surface area contributed by atoms with Crippen molar-refractivity contribution < 1.29 is 14.5 Å². The van der Waals surface area contributed by atoms with Gasteiger partial charge in [-0.1, -0.05) is 41.9 Å². The highest BCUT2D eigenvalue weighted by Crippen LogP contribution is 2.33. The highest BCUT2D eigenvalue weighted by Gasteiger charge is 2.21. The lowest BCUT2D eigenvalue weighted by Gasteiger charge is -2.32. The number of halogens is 1. The fourth-order valence-corrected chi connectivity index (χ4v) is 4.03. The first kappa shape index (κ1) is 22.8. The van der Waals surface area contributed by atoms with Gasteiger partial charge in [0.1, 0.15) is 5.75 Å². The van der Waals surface area contributed by atoms with Crippen LogP contribution in [0, 0.1) is 10.1 Å². The number of piperidine rings is 1. The first-order valence-electron chi connectivity index (χ1n) is 10.8. The maximum absolute atomic E-state index is 12.7. The van der Waals surface area contributed by atoms with E-state index < -0.39 is 4.92 Å². The fourth-order valence-electron chi connectivity index (χ4n) is 3.87. The molecule has 0 bridgehead atoms. The van der Waals surface area contributed by atoms with Gasteiger partial charge in [0.15, 0.2) is 0 Å². The van der Waals surface area contributed by atoms with Crippen molar-refractivity contribution >= 4 is 23.2 Å². The van der Waals surface area contributed by atoms with Gasteiger partial charge in [-0.15, -0.1) is 0 Å². The van der Waals surface area contributed by atoms with Gasteiger partial charge in [-0.25, -0.2) is 0 Å². The van der Waals surface area contributed by atoms with E-state index in [9.17, 15) is 14.9 Å². The predicted octanol–water partition coefficient (Wildman–Crippen LogP) is 5.43. The zero-order chi connectivity index (χ0) is 23.2. The van der Waals surface area contributed by atoms with Gasteiger partial charge in [-0.05, 0) is 54.8 Å². The second kappa shape index (κ2) is 10.5. The number of ether oxygens (including phenoxy) is 1. The Bertz CT molecular complexity index is 1110. The number of benzene rings is 3. The average molecular weight is 466 g/mol. The smallest absolute Gasteiger partial charge is 0.313 e. The Labute approximate surface area is 197 Å². The minimum absolute atomic E-state index is 0.0869. The molecule has 0 atom stereocenters. The molecule has 1 aliphatic heterocycles. The Balaban J connectivity index is 1.30. The van der Waals surface area contributed by atoms with Crippen LogP contribution >= 0.6 is 11.6 Å². The molecule has 4 rings (SSSR count). The standard InChI is InChI=1S/C25H24ClN3O4/c26-20-8-11-24(23(16-20)29(31)32)33-22-9-6-19(7-10-22)25(30)27-21-12-14-28(15-13-21)17-18-4-2-1-3-5-18/h1-11,16,21H,12-15,17H2,(H,27,30). The van der Waals surface area contributed by atoms with Crippen molar-refractivity contribution in [3.05, 3.63) is 99.1 Å². The molecule has 170 valence electrons. The van der Waals surface area contributed by atoms with Gasteiger partial charge >= 0.3 is 5.69 Å². The van der Waals surface area contributed by atoms with Crippen LogP contribution in [0.15, 0.2) is 72.8 Å². The van der Waals surface area contributed by atoms with Crippen molar-refractivity contribution in [1.29, 1.82) is 0 Å². The number of nitro benzene ring substituents is 1. The Kier molecular flexibility index (Phi) is 7.22. The Morgan fingerprint density at radius 3 is 2.42 bits per heavy atom. The molecule has 0 unspecified atom stereocenters. The maximum atomic E-state index is 12.7. The SMILES string of the molecule is O=C(NC1CCN(Cc2ccccc2)CC1)c1ccc(Oc2ccc(Cl)cc2[N+](=O)[O-])cc1. The summed E-state index contributed by atoms with van der Waals surface area (Å²) in [5.41, 5.74) is 1.59. The number of hydrogen-bond acceptors (Lipinski definition) is 5. The molecule has 0 spiro atoms. The summed E-state index contributed by atoms with van der Waals surface area (Å²) in [5, 5.41) is 14.6. The van der Waals surface area contributed by atoms with Gasteiger partial charge in [0.2, 0.25) is 5.75 Å². The number of likely N-dealkylation sites (tertiary alicyclic amines) is 1. The monoisotopic (exact) mass is 465 g/mol. The van der Waals surface area contributed by atoms with E-state index in [1.165, 1.54) is 23.8 Å². The number of hydrogen-bond donors (Lipinski definition) is 1. The van der Waals surface area contributed by atoms with Crippen LogP contribution in [0.3, 0.4) is 0 Å². The molecule has 33 heavy (non-hydrogen) atoms. The summed E-state index contributed by atoms with van der Waals surface area (Å²) in [6.07, 6.45) is 1.81. The summed E-state index contributed by atoms with van der Waals surface area (Å²) < 4.78 is 5.63. The molecular weight excluding hydrogens is 442 g/mol. The molecule has 1 amide bonds. The van der Waals surface area contributed by atoms with Gasteiger partial charge in [0.05, 0.1) is 4.92 Å². The first-order chi connectivity index (χ1) is 16.0. The second-order valence-electron chi connectivity index (χ2n) is 8.01. The molecule has 0 aliphatic carbocycles. The first-order valence-corrected chi connectivity index (χ1v) is 11.1. The van der Waals surface area contributed by atoms with Crippen molar-refractivity contribution in [2.24, 2.45) is 0 Å². The molecule has 1 fully saturated rings. The summed E-state index contributed by atoms with van der Waals surface area (Å²) >= 11 is 5.84. The van der Waals surface area contributed by atoms with E-state index in [0.29, 0.717) is 11.3 Å². The molecule has 1 heterocycles. The van der Waals surface area contributed by atoms with Crippen LogP contribution in [0.2, 0.25) is 5.02 Å². The van der Waals surface area contributed by atoms with Crippen LogP contribution in [0.1, 0.15) is 28.8 Å². The normalized spacial score (nSPS) is 14.6. The summed E-state index contributed by atoms with van der Waals surface area (Å²) in [6.45, 7) is 2.80. The summed E-state index contributed by atoms with van der Waals surface area (Å²) in [7, 11) is 0. The lowest BCUT2D eigenvalue weighted by molar-refractivity contribution is -0.385. The van der Waals surface area contributed by atoms with E-state index in [-0.39, 0.29) is 28.4 Å². The van der Waals surface area contributed by atoms with Crippen LogP contribution in [-0.4, -0.2) is 34.9 Å². The number of nitrogens with zero attached hydrogens (tertiary/aromatic N) is 2. The molecule has 7 nitrogen and oxygen atoms in total. The van der Waals surface area contributed by atoms with E-state index in [0.717, 1.165) is 32.5 Å². The maximum Gasteiger partial charge on any atom is 0.313 e. The largest absolute Gasteiger partial charge is 0.450 e. The van der Waals surface area contributed by atoms with Crippen LogP contribution in [0.25, 0.3) is 0 Å². The third-order valence-corrected chi connectivity index (χ3v) is 5.87. The number of nitro groups is 1. The predicted molar refractivity (Wildman–Crippen MR) is 127 cm³/mol. The number of amides is 1. The van der Waals surface area contributed by atoms with Gasteiger partial charge < -0.3 is 10.1 Å². The van der Waals surface area contributed by atoms with Crippen molar-refractivity contribution in [1.82, 2.24) is 10.2 Å². The number of nitrogens with one attached hydrogen (secondary N) is 1. The zero-order valence-electron chi connectivity index (χ0n) is 17.9. The third-order valence-electron chi connectivity index (χ3n) is 5.63. The van der Waals surface area contributed by atoms with E-state index in [1.54, 1.807) is 24.3 Å². The van der Waals surface area contributed by atoms with Crippen LogP contribution in [0.4, 0.5) is 5.69 Å². The highest BCUT2D eigenvalue weighted by molar-refractivity contribution is 6.30. The summed E-state index contributed by atoms with van der Waals surface area (Å²) in [4.78, 5) is 25.7. The van der Waals surface area contributed by atoms with Crippen LogP contribution in [-0.2, 0) is 6.54 Å². The topological polar surface area (TPSA) is 84.7 Å². The molecule has 0 aromatic heterocycles. The molecule has 0 saturated carbocycles. The molecule has 3 aromatic carbocycles. The van der Waals surface area contributed by atoms with Gasteiger partial charge in [0, 0.05) is 42.3 Å². The van der Waals surface area contributed by atoms with E-state index in [2.05, 4.69) is 34.5 Å². The number of carbonyl (C=O) groups is 1. The third kappa shape index (κ3) is 6.09. The molecule has 0 radical (unpaired) electrons. The summed E-state index contributed by atoms with van der Waals surface area (Å²) in [5.74, 6) is 0.343. The molecule has 1 saturated heterocycles. The lowest BCUT2D eigenvalue weighted by Crippen LogP contribution is -2.44. The van der Waals surface area contributed by atoms with Crippen molar-refractivity contribution in [3.63, 3.8) is 0 Å². The molecule has 1 aliphatic rings. The molecule has 8 heteroatoms. The lowest BCUT2D eigenvalue weighted by atomic mass is 10.0. The average Bonchev–Trinajstić information content (AvgIpc) is 2.82. The summed E-state index contributed by atoms with van der Waals surface area (Å²) in [6, 6.07) is 21.3. The quantitative estimate of drug-likeness (QED) is 0.371. The minimum Gasteiger partial charge on any atom is -0.450 e. The van der Waals surface area contributed by atoms with Crippen molar-refractivity contribution in [2.45, 2.75) is 25.4 Å². The van der Waals surface area contributed by atoms with Gasteiger partial charge in [-0.3, -0.25) is 19.8 Å². The second-order valence-corrected chi connectivity index (χ2v) is 8.44. The highest BCUT2D eigenvalue weighted by atomic mass is 35.5. The zero-order valence-corrected chi connectivity index (χ0v) is 18.7. The van der Waals surface area contributed by atoms with E-state index >= 15 is 0 Å².